The number of rotatable bonds is 3. The van der Waals surface area contributed by atoms with Crippen LogP contribution in [0.3, 0.4) is 0 Å². The van der Waals surface area contributed by atoms with Crippen molar-refractivity contribution in [2.45, 2.75) is 6.92 Å². The highest BCUT2D eigenvalue weighted by Gasteiger charge is 2.04. The number of aromatic nitrogens is 3. The van der Waals surface area contributed by atoms with Crippen molar-refractivity contribution in [1.82, 2.24) is 15.0 Å². The van der Waals surface area contributed by atoms with Gasteiger partial charge in [-0.15, -0.1) is 0 Å². The van der Waals surface area contributed by atoms with Crippen molar-refractivity contribution >= 4 is 5.78 Å². The van der Waals surface area contributed by atoms with E-state index in [0.29, 0.717) is 11.6 Å². The van der Waals surface area contributed by atoms with Crippen LogP contribution in [0.25, 0.3) is 11.1 Å². The van der Waals surface area contributed by atoms with E-state index in [9.17, 15) is 4.79 Å². The molecule has 86 valence electrons. The summed E-state index contributed by atoms with van der Waals surface area (Å²) in [5.41, 5.74) is 2.17. The van der Waals surface area contributed by atoms with Crippen LogP contribution in [0.1, 0.15) is 17.3 Å². The molecule has 0 saturated carbocycles. The van der Waals surface area contributed by atoms with Gasteiger partial charge in [0.2, 0.25) is 0 Å². The summed E-state index contributed by atoms with van der Waals surface area (Å²) in [6.45, 7) is 1.51. The molecule has 0 fully saturated rings. The maximum Gasteiger partial charge on any atom is 0.316 e. The van der Waals surface area contributed by atoms with Crippen molar-refractivity contribution in [3.63, 3.8) is 0 Å². The molecule has 0 aliphatic heterocycles. The van der Waals surface area contributed by atoms with Gasteiger partial charge in [-0.2, -0.15) is 0 Å². The van der Waals surface area contributed by atoms with E-state index in [2.05, 4.69) is 15.0 Å². The van der Waals surface area contributed by atoms with Crippen molar-refractivity contribution in [2.75, 3.05) is 7.11 Å². The highest BCUT2D eigenvalue weighted by Crippen LogP contribution is 2.18. The molecule has 0 aromatic carbocycles. The molecule has 2 rings (SSSR count). The molecule has 5 nitrogen and oxygen atoms in total. The monoisotopic (exact) mass is 229 g/mol. The third kappa shape index (κ3) is 2.44. The smallest absolute Gasteiger partial charge is 0.316 e. The molecule has 0 saturated heterocycles. The first-order chi connectivity index (χ1) is 8.20. The summed E-state index contributed by atoms with van der Waals surface area (Å²) in [5.74, 6) is -0.0196. The predicted octanol–water partition coefficient (Wildman–Crippen LogP) is 1.75. The van der Waals surface area contributed by atoms with Gasteiger partial charge in [0.05, 0.1) is 7.11 Å². The van der Waals surface area contributed by atoms with Crippen molar-refractivity contribution in [3.05, 3.63) is 36.4 Å². The van der Waals surface area contributed by atoms with E-state index in [4.69, 9.17) is 4.74 Å². The maximum atomic E-state index is 11.2. The van der Waals surface area contributed by atoms with Crippen molar-refractivity contribution in [3.8, 4) is 17.1 Å². The molecule has 0 bridgehead atoms. The normalized spacial score (nSPS) is 10.0. The van der Waals surface area contributed by atoms with E-state index in [1.54, 1.807) is 24.7 Å². The number of nitrogens with zero attached hydrogens (tertiary/aromatic N) is 3. The highest BCUT2D eigenvalue weighted by atomic mass is 16.5. The largest absolute Gasteiger partial charge is 0.467 e. The molecule has 2 aromatic rings. The number of ketones is 1. The third-order valence-electron chi connectivity index (χ3n) is 2.29. The Bertz CT molecular complexity index is 538. The quantitative estimate of drug-likeness (QED) is 0.750. The number of hydrogen-bond donors (Lipinski definition) is 0. The molecule has 0 radical (unpaired) electrons. The molecule has 2 aromatic heterocycles. The number of hydrogen-bond acceptors (Lipinski definition) is 5. The number of Topliss-reactive ketones (excluding diaryl/α,β-unsaturated/α-hetero) is 1. The SMILES string of the molecule is COc1ncc(-c2cncc(C(C)=O)c2)cn1. The summed E-state index contributed by atoms with van der Waals surface area (Å²) < 4.78 is 4.88. The number of ether oxygens (including phenoxy) is 1. The maximum absolute atomic E-state index is 11.2. The molecular formula is C12H11N3O2. The second-order valence-corrected chi connectivity index (χ2v) is 3.48. The first-order valence-electron chi connectivity index (χ1n) is 5.03. The Kier molecular flexibility index (Phi) is 3.09. The second-order valence-electron chi connectivity index (χ2n) is 3.48. The number of carbonyl (C=O) groups excluding carboxylic acids is 1. The van der Waals surface area contributed by atoms with Crippen LogP contribution in [0.4, 0.5) is 0 Å². The zero-order valence-corrected chi connectivity index (χ0v) is 9.54. The van der Waals surface area contributed by atoms with Crippen molar-refractivity contribution in [1.29, 1.82) is 0 Å². The molecule has 5 heteroatoms. The Morgan fingerprint density at radius 2 is 1.82 bits per heavy atom. The van der Waals surface area contributed by atoms with Gasteiger partial charge in [0.25, 0.3) is 0 Å². The Morgan fingerprint density at radius 3 is 2.41 bits per heavy atom. The van der Waals surface area contributed by atoms with Crippen LogP contribution in [0.2, 0.25) is 0 Å². The Morgan fingerprint density at radius 1 is 1.12 bits per heavy atom. The minimum atomic E-state index is -0.0196. The number of methoxy groups -OCH3 is 1. The van der Waals surface area contributed by atoms with Crippen LogP contribution in [0, 0.1) is 0 Å². The Labute approximate surface area is 98.5 Å². The fourth-order valence-corrected chi connectivity index (χ4v) is 1.36. The average molecular weight is 229 g/mol. The lowest BCUT2D eigenvalue weighted by Gasteiger charge is -2.02. The molecule has 0 amide bonds. The fraction of sp³-hybridized carbons (Fsp3) is 0.167. The molecule has 0 unspecified atom stereocenters. The summed E-state index contributed by atoms with van der Waals surface area (Å²) in [6.07, 6.45) is 6.47. The van der Waals surface area contributed by atoms with Gasteiger partial charge in [-0.1, -0.05) is 0 Å². The zero-order chi connectivity index (χ0) is 12.3. The lowest BCUT2D eigenvalue weighted by molar-refractivity contribution is 0.101. The van der Waals surface area contributed by atoms with Gasteiger partial charge in [-0.05, 0) is 13.0 Å². The highest BCUT2D eigenvalue weighted by molar-refractivity contribution is 5.94. The number of carbonyl (C=O) groups is 1. The molecule has 0 N–H and O–H groups in total. The minimum absolute atomic E-state index is 0.0196. The summed E-state index contributed by atoms with van der Waals surface area (Å²) in [7, 11) is 1.51. The summed E-state index contributed by atoms with van der Waals surface area (Å²) in [5, 5.41) is 0. The molecule has 0 atom stereocenters. The minimum Gasteiger partial charge on any atom is -0.467 e. The first-order valence-corrected chi connectivity index (χ1v) is 5.03. The van der Waals surface area contributed by atoms with Crippen LogP contribution in [-0.2, 0) is 0 Å². The van der Waals surface area contributed by atoms with Gasteiger partial charge in [0.15, 0.2) is 5.78 Å². The molecule has 0 aliphatic rings. The summed E-state index contributed by atoms with van der Waals surface area (Å²) in [6, 6.07) is 2.07. The van der Waals surface area contributed by atoms with Crippen LogP contribution in [0.15, 0.2) is 30.9 Å². The Balaban J connectivity index is 2.38. The molecule has 2 heterocycles. The van der Waals surface area contributed by atoms with Gasteiger partial charge >= 0.3 is 6.01 Å². The topological polar surface area (TPSA) is 65.0 Å². The van der Waals surface area contributed by atoms with Crippen LogP contribution >= 0.6 is 0 Å². The lowest BCUT2D eigenvalue weighted by atomic mass is 10.1. The van der Waals surface area contributed by atoms with Gasteiger partial charge < -0.3 is 4.74 Å². The lowest BCUT2D eigenvalue weighted by Crippen LogP contribution is -1.95. The van der Waals surface area contributed by atoms with E-state index in [0.717, 1.165) is 11.1 Å². The standard InChI is InChI=1S/C12H11N3O2/c1-8(16)9-3-10(5-13-4-9)11-6-14-12(17-2)15-7-11/h3-7H,1-2H3. The van der Waals surface area contributed by atoms with Crippen molar-refractivity contribution in [2.24, 2.45) is 0 Å². The van der Waals surface area contributed by atoms with Gasteiger partial charge in [0.1, 0.15) is 0 Å². The molecule has 17 heavy (non-hydrogen) atoms. The van der Waals surface area contributed by atoms with Gasteiger partial charge in [-0.3, -0.25) is 9.78 Å². The van der Waals surface area contributed by atoms with Crippen LogP contribution in [0.5, 0.6) is 6.01 Å². The Hall–Kier alpha value is -2.30. The van der Waals surface area contributed by atoms with E-state index >= 15 is 0 Å². The number of pyridine rings is 1. The van der Waals surface area contributed by atoms with E-state index in [1.165, 1.54) is 20.2 Å². The predicted molar refractivity (Wildman–Crippen MR) is 61.8 cm³/mol. The van der Waals surface area contributed by atoms with Gasteiger partial charge in [0, 0.05) is 41.5 Å². The van der Waals surface area contributed by atoms with Crippen LogP contribution < -0.4 is 4.74 Å². The zero-order valence-electron chi connectivity index (χ0n) is 9.54. The second kappa shape index (κ2) is 4.69. The third-order valence-corrected chi connectivity index (χ3v) is 2.29. The summed E-state index contributed by atoms with van der Waals surface area (Å²) >= 11 is 0. The fourth-order valence-electron chi connectivity index (χ4n) is 1.36. The summed E-state index contributed by atoms with van der Waals surface area (Å²) in [4.78, 5) is 23.3. The first kappa shape index (κ1) is 11.2. The van der Waals surface area contributed by atoms with E-state index in [-0.39, 0.29) is 5.78 Å². The average Bonchev–Trinajstić information content (AvgIpc) is 2.39. The molecular weight excluding hydrogens is 218 g/mol. The molecule has 0 aliphatic carbocycles. The van der Waals surface area contributed by atoms with Crippen LogP contribution in [-0.4, -0.2) is 27.8 Å². The van der Waals surface area contributed by atoms with Gasteiger partial charge in [-0.25, -0.2) is 9.97 Å². The van der Waals surface area contributed by atoms with E-state index < -0.39 is 0 Å². The van der Waals surface area contributed by atoms with E-state index in [1.807, 2.05) is 0 Å². The van der Waals surface area contributed by atoms with Crippen molar-refractivity contribution < 1.29 is 9.53 Å². The molecule has 0 spiro atoms.